The first kappa shape index (κ1) is 18.7. The number of carbonyl (C=O) groups is 1. The SMILES string of the molecule is O=C(c1cc2ccccc2oc1=O)N1CCSC(c2cc(F)ccc2F)CC1. The van der Waals surface area contributed by atoms with Crippen LogP contribution in [0.4, 0.5) is 8.78 Å². The third-order valence-corrected chi connectivity index (χ3v) is 6.12. The number of hydrogen-bond acceptors (Lipinski definition) is 4. The van der Waals surface area contributed by atoms with Crippen molar-refractivity contribution in [2.45, 2.75) is 11.7 Å². The van der Waals surface area contributed by atoms with Crippen molar-refractivity contribution in [2.75, 3.05) is 18.8 Å². The number of para-hydroxylation sites is 1. The second-order valence-corrected chi connectivity index (χ2v) is 7.90. The lowest BCUT2D eigenvalue weighted by molar-refractivity contribution is 0.0762. The van der Waals surface area contributed by atoms with Crippen LogP contribution in [0.2, 0.25) is 0 Å². The van der Waals surface area contributed by atoms with Crippen LogP contribution < -0.4 is 5.63 Å². The van der Waals surface area contributed by atoms with Gasteiger partial charge in [-0.05, 0) is 36.8 Å². The molecule has 3 aromatic rings. The molecule has 4 rings (SSSR count). The van der Waals surface area contributed by atoms with Crippen molar-refractivity contribution in [2.24, 2.45) is 0 Å². The number of nitrogens with zero attached hydrogens (tertiary/aromatic N) is 1. The van der Waals surface area contributed by atoms with E-state index < -0.39 is 23.2 Å². The molecule has 1 aliphatic rings. The summed E-state index contributed by atoms with van der Waals surface area (Å²) < 4.78 is 32.9. The number of hydrogen-bond donors (Lipinski definition) is 0. The van der Waals surface area contributed by atoms with Crippen molar-refractivity contribution >= 4 is 28.6 Å². The van der Waals surface area contributed by atoms with Crippen molar-refractivity contribution < 1.29 is 18.0 Å². The zero-order valence-electron chi connectivity index (χ0n) is 14.9. The maximum atomic E-state index is 14.1. The molecule has 2 aromatic carbocycles. The van der Waals surface area contributed by atoms with Gasteiger partial charge in [0.15, 0.2) is 0 Å². The standard InChI is InChI=1S/C21H17F2NO3S/c22-14-5-6-17(23)15(12-14)19-7-8-24(9-10-28-19)20(25)16-11-13-3-1-2-4-18(13)27-21(16)26/h1-6,11-12,19H,7-10H2. The van der Waals surface area contributed by atoms with Crippen LogP contribution in [-0.2, 0) is 0 Å². The minimum Gasteiger partial charge on any atom is -0.422 e. The average Bonchev–Trinajstić information content (AvgIpc) is 2.95. The predicted octanol–water partition coefficient (Wildman–Crippen LogP) is 4.39. The molecule has 7 heteroatoms. The van der Waals surface area contributed by atoms with Crippen molar-refractivity contribution in [3.63, 3.8) is 0 Å². The highest BCUT2D eigenvalue weighted by atomic mass is 32.2. The van der Waals surface area contributed by atoms with Crippen LogP contribution in [0.15, 0.2) is 57.7 Å². The van der Waals surface area contributed by atoms with Crippen molar-refractivity contribution in [1.29, 1.82) is 0 Å². The Morgan fingerprint density at radius 3 is 2.79 bits per heavy atom. The van der Waals surface area contributed by atoms with E-state index >= 15 is 0 Å². The van der Waals surface area contributed by atoms with Crippen molar-refractivity contribution in [3.8, 4) is 0 Å². The predicted molar refractivity (Wildman–Crippen MR) is 105 cm³/mol. The molecular weight excluding hydrogens is 384 g/mol. The van der Waals surface area contributed by atoms with Crippen LogP contribution in [0.5, 0.6) is 0 Å². The fraction of sp³-hybridized carbons (Fsp3) is 0.238. The van der Waals surface area contributed by atoms with E-state index in [0.717, 1.165) is 12.1 Å². The number of thioether (sulfide) groups is 1. The summed E-state index contributed by atoms with van der Waals surface area (Å²) in [5, 5.41) is 0.427. The molecule has 144 valence electrons. The zero-order valence-corrected chi connectivity index (χ0v) is 15.7. The molecule has 1 amide bonds. The Kier molecular flexibility index (Phi) is 5.17. The summed E-state index contributed by atoms with van der Waals surface area (Å²) in [6.45, 7) is 0.766. The summed E-state index contributed by atoms with van der Waals surface area (Å²) in [5.74, 6) is -0.775. The van der Waals surface area contributed by atoms with E-state index in [1.54, 1.807) is 35.2 Å². The lowest BCUT2D eigenvalue weighted by Crippen LogP contribution is -2.35. The molecule has 0 saturated carbocycles. The first-order chi connectivity index (χ1) is 13.5. The van der Waals surface area contributed by atoms with Gasteiger partial charge >= 0.3 is 5.63 Å². The quantitative estimate of drug-likeness (QED) is 0.598. The van der Waals surface area contributed by atoms with E-state index in [9.17, 15) is 18.4 Å². The van der Waals surface area contributed by atoms with Gasteiger partial charge in [0, 0.05) is 35.0 Å². The molecule has 1 atom stereocenters. The smallest absolute Gasteiger partial charge is 0.349 e. The molecule has 0 spiro atoms. The van der Waals surface area contributed by atoms with E-state index in [4.69, 9.17) is 4.42 Å². The molecule has 2 heterocycles. The van der Waals surface area contributed by atoms with E-state index in [0.29, 0.717) is 41.8 Å². The molecular formula is C21H17F2NO3S. The van der Waals surface area contributed by atoms with Gasteiger partial charge in [-0.2, -0.15) is 11.8 Å². The van der Waals surface area contributed by atoms with Crippen LogP contribution in [-0.4, -0.2) is 29.6 Å². The van der Waals surface area contributed by atoms with E-state index in [-0.39, 0.29) is 10.8 Å². The van der Waals surface area contributed by atoms with Crippen LogP contribution >= 0.6 is 11.8 Å². The van der Waals surface area contributed by atoms with Crippen molar-refractivity contribution in [3.05, 3.63) is 81.7 Å². The number of amides is 1. The molecule has 1 aliphatic heterocycles. The lowest BCUT2D eigenvalue weighted by Gasteiger charge is -2.20. The first-order valence-corrected chi connectivity index (χ1v) is 9.96. The monoisotopic (exact) mass is 401 g/mol. The Hall–Kier alpha value is -2.67. The van der Waals surface area contributed by atoms with Gasteiger partial charge < -0.3 is 9.32 Å². The summed E-state index contributed by atoms with van der Waals surface area (Å²) in [7, 11) is 0. The van der Waals surface area contributed by atoms with E-state index in [1.807, 2.05) is 0 Å². The molecule has 0 aliphatic carbocycles. The number of carbonyl (C=O) groups excluding carboxylic acids is 1. The molecule has 0 bridgehead atoms. The highest BCUT2D eigenvalue weighted by molar-refractivity contribution is 7.99. The third-order valence-electron chi connectivity index (χ3n) is 4.81. The van der Waals surface area contributed by atoms with Gasteiger partial charge in [-0.3, -0.25) is 4.79 Å². The Balaban J connectivity index is 1.56. The minimum absolute atomic E-state index is 0.0147. The normalized spacial score (nSPS) is 17.5. The Morgan fingerprint density at radius 1 is 1.11 bits per heavy atom. The van der Waals surface area contributed by atoms with E-state index in [2.05, 4.69) is 0 Å². The molecule has 1 saturated heterocycles. The highest BCUT2D eigenvalue weighted by Gasteiger charge is 2.26. The van der Waals surface area contributed by atoms with Crippen LogP contribution in [0.3, 0.4) is 0 Å². The van der Waals surface area contributed by atoms with Gasteiger partial charge in [-0.1, -0.05) is 18.2 Å². The van der Waals surface area contributed by atoms with Gasteiger partial charge in [0.1, 0.15) is 22.8 Å². The molecule has 0 N–H and O–H groups in total. The highest BCUT2D eigenvalue weighted by Crippen LogP contribution is 2.36. The Labute approximate surface area is 164 Å². The third kappa shape index (κ3) is 3.67. The molecule has 1 fully saturated rings. The minimum atomic E-state index is -0.673. The Morgan fingerprint density at radius 2 is 1.93 bits per heavy atom. The molecule has 4 nitrogen and oxygen atoms in total. The van der Waals surface area contributed by atoms with Gasteiger partial charge in [0.2, 0.25) is 0 Å². The largest absolute Gasteiger partial charge is 0.422 e. The van der Waals surface area contributed by atoms with Crippen LogP contribution in [0.25, 0.3) is 11.0 Å². The van der Waals surface area contributed by atoms with E-state index in [1.165, 1.54) is 17.8 Å². The molecule has 1 aromatic heterocycles. The van der Waals surface area contributed by atoms with Gasteiger partial charge in [-0.25, -0.2) is 13.6 Å². The van der Waals surface area contributed by atoms with Crippen molar-refractivity contribution in [1.82, 2.24) is 4.90 Å². The second-order valence-electron chi connectivity index (χ2n) is 6.59. The Bertz CT molecular complexity index is 1100. The summed E-state index contributed by atoms with van der Waals surface area (Å²) in [5.41, 5.74) is 0.0500. The number of fused-ring (bicyclic) bond motifs is 1. The zero-order chi connectivity index (χ0) is 19.7. The number of halogens is 2. The fourth-order valence-electron chi connectivity index (χ4n) is 3.36. The van der Waals surface area contributed by atoms with Gasteiger partial charge in [0.25, 0.3) is 5.91 Å². The average molecular weight is 401 g/mol. The maximum Gasteiger partial charge on any atom is 0.349 e. The van der Waals surface area contributed by atoms with Crippen LogP contribution in [0, 0.1) is 11.6 Å². The topological polar surface area (TPSA) is 50.5 Å². The number of rotatable bonds is 2. The first-order valence-electron chi connectivity index (χ1n) is 8.91. The lowest BCUT2D eigenvalue weighted by atomic mass is 10.1. The molecule has 1 unspecified atom stereocenters. The van der Waals surface area contributed by atoms with Gasteiger partial charge in [0.05, 0.1) is 0 Å². The number of benzene rings is 2. The van der Waals surface area contributed by atoms with Crippen LogP contribution in [0.1, 0.15) is 27.6 Å². The van der Waals surface area contributed by atoms with Gasteiger partial charge in [-0.15, -0.1) is 0 Å². The summed E-state index contributed by atoms with van der Waals surface area (Å²) >= 11 is 1.48. The summed E-state index contributed by atoms with van der Waals surface area (Å²) in [6, 6.07) is 12.0. The molecule has 28 heavy (non-hydrogen) atoms. The molecule has 0 radical (unpaired) electrons. The summed E-state index contributed by atoms with van der Waals surface area (Å²) in [4.78, 5) is 26.7. The fourth-order valence-corrected chi connectivity index (χ4v) is 4.61. The second kappa shape index (κ2) is 7.75. The maximum absolute atomic E-state index is 14.1. The summed E-state index contributed by atoms with van der Waals surface area (Å²) in [6.07, 6.45) is 0.468.